The van der Waals surface area contributed by atoms with Crippen LogP contribution in [0.5, 0.6) is 0 Å². The van der Waals surface area contributed by atoms with Gasteiger partial charge in [0.1, 0.15) is 0 Å². The highest BCUT2D eigenvalue weighted by molar-refractivity contribution is 4.90. The fraction of sp³-hybridized carbons (Fsp3) is 1.00. The van der Waals surface area contributed by atoms with Gasteiger partial charge in [0, 0.05) is 19.7 Å². The topological polar surface area (TPSA) is 21.3 Å². The van der Waals surface area contributed by atoms with E-state index in [2.05, 4.69) is 12.2 Å². The number of ether oxygens (including phenoxy) is 1. The Kier molecular flexibility index (Phi) is 2.89. The minimum atomic E-state index is 0.165. The highest BCUT2D eigenvalue weighted by Crippen LogP contribution is 2.28. The lowest BCUT2D eigenvalue weighted by Crippen LogP contribution is -2.59. The molecule has 0 radical (unpaired) electrons. The van der Waals surface area contributed by atoms with Crippen molar-refractivity contribution < 1.29 is 4.74 Å². The average molecular weight is 183 g/mol. The van der Waals surface area contributed by atoms with Crippen LogP contribution < -0.4 is 5.32 Å². The third-order valence-electron chi connectivity index (χ3n) is 3.45. The maximum atomic E-state index is 5.86. The molecule has 2 nitrogen and oxygen atoms in total. The molecule has 0 spiro atoms. The number of nitrogens with one attached hydrogen (secondary N) is 1. The Morgan fingerprint density at radius 3 is 2.54 bits per heavy atom. The third kappa shape index (κ3) is 2.44. The third-order valence-corrected chi connectivity index (χ3v) is 3.45. The zero-order chi connectivity index (χ0) is 9.15. The Labute approximate surface area is 81.0 Å². The van der Waals surface area contributed by atoms with Crippen molar-refractivity contribution in [3.63, 3.8) is 0 Å². The van der Waals surface area contributed by atoms with Gasteiger partial charge in [-0.2, -0.15) is 0 Å². The molecular formula is C11H21NO. The lowest BCUT2D eigenvalue weighted by molar-refractivity contribution is -0.0704. The van der Waals surface area contributed by atoms with Crippen molar-refractivity contribution in [3.05, 3.63) is 0 Å². The summed E-state index contributed by atoms with van der Waals surface area (Å²) in [5, 5.41) is 3.26. The van der Waals surface area contributed by atoms with E-state index < -0.39 is 0 Å². The molecule has 1 aliphatic heterocycles. The van der Waals surface area contributed by atoms with Crippen LogP contribution in [0.2, 0.25) is 0 Å². The molecule has 1 heterocycles. The SMILES string of the molecule is CC1(OCCC2CCCC2)CNC1. The largest absolute Gasteiger partial charge is 0.373 e. The van der Waals surface area contributed by atoms with E-state index in [4.69, 9.17) is 4.74 Å². The summed E-state index contributed by atoms with van der Waals surface area (Å²) in [5.41, 5.74) is 0.165. The normalized spacial score (nSPS) is 27.5. The van der Waals surface area contributed by atoms with E-state index in [1.54, 1.807) is 0 Å². The van der Waals surface area contributed by atoms with Gasteiger partial charge in [0.2, 0.25) is 0 Å². The van der Waals surface area contributed by atoms with E-state index in [0.717, 1.165) is 25.6 Å². The molecule has 1 N–H and O–H groups in total. The molecule has 2 rings (SSSR count). The summed E-state index contributed by atoms with van der Waals surface area (Å²) in [6.07, 6.45) is 7.07. The van der Waals surface area contributed by atoms with Crippen molar-refractivity contribution in [2.45, 2.75) is 44.6 Å². The second-order valence-corrected chi connectivity index (χ2v) is 4.84. The maximum absolute atomic E-state index is 5.86. The summed E-state index contributed by atoms with van der Waals surface area (Å²) in [4.78, 5) is 0. The monoisotopic (exact) mass is 183 g/mol. The van der Waals surface area contributed by atoms with Gasteiger partial charge in [-0.15, -0.1) is 0 Å². The first-order chi connectivity index (χ1) is 6.29. The molecule has 0 aromatic carbocycles. The quantitative estimate of drug-likeness (QED) is 0.719. The fourth-order valence-corrected chi connectivity index (χ4v) is 2.35. The van der Waals surface area contributed by atoms with E-state index in [1.807, 2.05) is 0 Å². The van der Waals surface area contributed by atoms with Crippen LogP contribution in [0.3, 0.4) is 0 Å². The molecule has 13 heavy (non-hydrogen) atoms. The zero-order valence-electron chi connectivity index (χ0n) is 8.64. The maximum Gasteiger partial charge on any atom is 0.0901 e. The second-order valence-electron chi connectivity index (χ2n) is 4.84. The van der Waals surface area contributed by atoms with Crippen LogP contribution in [0.25, 0.3) is 0 Å². The van der Waals surface area contributed by atoms with Gasteiger partial charge in [-0.25, -0.2) is 0 Å². The predicted octanol–water partition coefficient (Wildman–Crippen LogP) is 1.95. The second kappa shape index (κ2) is 3.97. The molecule has 76 valence electrons. The van der Waals surface area contributed by atoms with Gasteiger partial charge in [0.05, 0.1) is 5.60 Å². The molecule has 1 saturated heterocycles. The summed E-state index contributed by atoms with van der Waals surface area (Å²) in [7, 11) is 0. The van der Waals surface area contributed by atoms with Gasteiger partial charge in [-0.05, 0) is 19.3 Å². The number of hydrogen-bond acceptors (Lipinski definition) is 2. The first kappa shape index (κ1) is 9.47. The van der Waals surface area contributed by atoms with Gasteiger partial charge in [0.15, 0.2) is 0 Å². The molecule has 0 aromatic rings. The summed E-state index contributed by atoms with van der Waals surface area (Å²) in [5.74, 6) is 0.969. The van der Waals surface area contributed by atoms with E-state index in [0.29, 0.717) is 0 Å². The van der Waals surface area contributed by atoms with Crippen LogP contribution in [0.15, 0.2) is 0 Å². The van der Waals surface area contributed by atoms with Crippen molar-refractivity contribution in [2.75, 3.05) is 19.7 Å². The minimum absolute atomic E-state index is 0.165. The number of rotatable bonds is 4. The van der Waals surface area contributed by atoms with Crippen molar-refractivity contribution >= 4 is 0 Å². The van der Waals surface area contributed by atoms with E-state index in [-0.39, 0.29) is 5.60 Å². The standard InChI is InChI=1S/C11H21NO/c1-11(8-12-9-11)13-7-6-10-4-2-3-5-10/h10,12H,2-9H2,1H3. The Hall–Kier alpha value is -0.0800. The molecule has 0 amide bonds. The van der Waals surface area contributed by atoms with Crippen LogP contribution in [-0.4, -0.2) is 25.3 Å². The summed E-state index contributed by atoms with van der Waals surface area (Å²) in [6, 6.07) is 0. The number of hydrogen-bond donors (Lipinski definition) is 1. The Bertz CT molecular complexity index is 159. The lowest BCUT2D eigenvalue weighted by Gasteiger charge is -2.39. The van der Waals surface area contributed by atoms with Crippen molar-refractivity contribution in [3.8, 4) is 0 Å². The molecular weight excluding hydrogens is 162 g/mol. The first-order valence-electron chi connectivity index (χ1n) is 5.63. The van der Waals surface area contributed by atoms with Gasteiger partial charge >= 0.3 is 0 Å². The molecule has 1 aliphatic carbocycles. The molecule has 0 bridgehead atoms. The Balaban J connectivity index is 1.57. The molecule has 1 saturated carbocycles. The van der Waals surface area contributed by atoms with Gasteiger partial charge in [0.25, 0.3) is 0 Å². The van der Waals surface area contributed by atoms with E-state index in [9.17, 15) is 0 Å². The minimum Gasteiger partial charge on any atom is -0.373 e. The molecule has 2 fully saturated rings. The highest BCUT2D eigenvalue weighted by Gasteiger charge is 2.32. The van der Waals surface area contributed by atoms with E-state index >= 15 is 0 Å². The van der Waals surface area contributed by atoms with E-state index in [1.165, 1.54) is 32.1 Å². The van der Waals surface area contributed by atoms with Gasteiger partial charge < -0.3 is 10.1 Å². The van der Waals surface area contributed by atoms with Crippen molar-refractivity contribution in [2.24, 2.45) is 5.92 Å². The van der Waals surface area contributed by atoms with Crippen molar-refractivity contribution in [1.82, 2.24) is 5.32 Å². The average Bonchev–Trinajstić information content (AvgIpc) is 2.54. The first-order valence-corrected chi connectivity index (χ1v) is 5.63. The van der Waals surface area contributed by atoms with Crippen LogP contribution >= 0.6 is 0 Å². The highest BCUT2D eigenvalue weighted by atomic mass is 16.5. The van der Waals surface area contributed by atoms with Crippen LogP contribution in [0.4, 0.5) is 0 Å². The lowest BCUT2D eigenvalue weighted by atomic mass is 9.99. The van der Waals surface area contributed by atoms with Gasteiger partial charge in [-0.3, -0.25) is 0 Å². The predicted molar refractivity (Wildman–Crippen MR) is 53.8 cm³/mol. The smallest absolute Gasteiger partial charge is 0.0901 e. The summed E-state index contributed by atoms with van der Waals surface area (Å²) >= 11 is 0. The van der Waals surface area contributed by atoms with Gasteiger partial charge in [-0.1, -0.05) is 25.7 Å². The molecule has 2 aliphatic rings. The Morgan fingerprint density at radius 2 is 2.00 bits per heavy atom. The fourth-order valence-electron chi connectivity index (χ4n) is 2.35. The molecule has 2 heteroatoms. The van der Waals surface area contributed by atoms with Crippen LogP contribution in [0, 0.1) is 5.92 Å². The molecule has 0 unspecified atom stereocenters. The van der Waals surface area contributed by atoms with Crippen LogP contribution in [0.1, 0.15) is 39.0 Å². The van der Waals surface area contributed by atoms with Crippen molar-refractivity contribution in [1.29, 1.82) is 0 Å². The Morgan fingerprint density at radius 1 is 1.31 bits per heavy atom. The zero-order valence-corrected chi connectivity index (χ0v) is 8.64. The molecule has 0 atom stereocenters. The summed E-state index contributed by atoms with van der Waals surface area (Å²) < 4.78 is 5.86. The molecule has 0 aromatic heterocycles. The van der Waals surface area contributed by atoms with Crippen LogP contribution in [-0.2, 0) is 4.74 Å². The summed E-state index contributed by atoms with van der Waals surface area (Å²) in [6.45, 7) is 5.26.